The molecule has 1 fully saturated rings. The van der Waals surface area contributed by atoms with Crippen LogP contribution in [-0.2, 0) is 7.05 Å². The van der Waals surface area contributed by atoms with Crippen molar-refractivity contribution < 1.29 is 14.7 Å². The van der Waals surface area contributed by atoms with Crippen LogP contribution in [0.4, 0.5) is 0 Å². The first-order valence-electron chi connectivity index (χ1n) is 7.47. The highest BCUT2D eigenvalue weighted by atomic mass is 16.3. The smallest absolute Gasteiger partial charge is 0.267 e. The van der Waals surface area contributed by atoms with Crippen LogP contribution in [0.2, 0.25) is 0 Å². The van der Waals surface area contributed by atoms with Gasteiger partial charge < -0.3 is 15.0 Å². The van der Waals surface area contributed by atoms with Crippen LogP contribution in [-0.4, -0.2) is 34.0 Å². The summed E-state index contributed by atoms with van der Waals surface area (Å²) in [6.45, 7) is 3.95. The largest absolute Gasteiger partial charge is 0.392 e. The Kier molecular flexibility index (Phi) is 4.52. The van der Waals surface area contributed by atoms with Gasteiger partial charge in [-0.15, -0.1) is 0 Å². The van der Waals surface area contributed by atoms with Crippen LogP contribution in [0.5, 0.6) is 0 Å². The van der Waals surface area contributed by atoms with E-state index in [0.29, 0.717) is 17.8 Å². The molecule has 0 saturated heterocycles. The van der Waals surface area contributed by atoms with Gasteiger partial charge in [0.15, 0.2) is 5.78 Å². The van der Waals surface area contributed by atoms with E-state index in [1.54, 1.807) is 23.9 Å². The molecule has 1 aromatic heterocycles. The summed E-state index contributed by atoms with van der Waals surface area (Å²) in [5.41, 5.74) is 0.739. The minimum absolute atomic E-state index is 0.0562. The minimum atomic E-state index is -0.368. The van der Waals surface area contributed by atoms with E-state index in [9.17, 15) is 14.7 Å². The molecule has 1 aliphatic rings. The average Bonchev–Trinajstić information content (AvgIpc) is 2.82. The quantitative estimate of drug-likeness (QED) is 0.833. The van der Waals surface area contributed by atoms with Gasteiger partial charge in [-0.3, -0.25) is 9.59 Å². The number of ketones is 1. The van der Waals surface area contributed by atoms with Gasteiger partial charge in [0.25, 0.3) is 5.91 Å². The fraction of sp³-hybridized carbons (Fsp3) is 0.625. The lowest BCUT2D eigenvalue weighted by Gasteiger charge is -2.38. The van der Waals surface area contributed by atoms with Crippen LogP contribution < -0.4 is 5.32 Å². The number of rotatable bonds is 4. The van der Waals surface area contributed by atoms with E-state index >= 15 is 0 Å². The Bertz CT molecular complexity index is 550. The molecule has 0 spiro atoms. The highest BCUT2D eigenvalue weighted by Crippen LogP contribution is 2.35. The fourth-order valence-corrected chi connectivity index (χ4v) is 2.94. The molecule has 0 bridgehead atoms. The SMILES string of the molecule is CC(=O)c1cc(C(=O)NCC2(C)CCCCC2O)n(C)c1. The molecule has 1 aliphatic carbocycles. The monoisotopic (exact) mass is 292 g/mol. The third-order valence-electron chi connectivity index (χ3n) is 4.58. The van der Waals surface area contributed by atoms with Crippen LogP contribution in [0.1, 0.15) is 60.4 Å². The van der Waals surface area contributed by atoms with Gasteiger partial charge in [0.1, 0.15) is 5.69 Å². The molecule has 2 N–H and O–H groups in total. The number of aryl methyl sites for hydroxylation is 1. The van der Waals surface area contributed by atoms with Gasteiger partial charge in [-0.25, -0.2) is 0 Å². The van der Waals surface area contributed by atoms with Gasteiger partial charge in [-0.05, 0) is 25.8 Å². The third-order valence-corrected chi connectivity index (χ3v) is 4.58. The van der Waals surface area contributed by atoms with Crippen molar-refractivity contribution in [3.63, 3.8) is 0 Å². The molecule has 1 saturated carbocycles. The van der Waals surface area contributed by atoms with Crippen molar-refractivity contribution in [2.75, 3.05) is 6.54 Å². The van der Waals surface area contributed by atoms with E-state index in [4.69, 9.17) is 0 Å². The Balaban J connectivity index is 2.03. The maximum Gasteiger partial charge on any atom is 0.267 e. The number of aliphatic hydroxyl groups is 1. The second-order valence-corrected chi connectivity index (χ2v) is 6.38. The Morgan fingerprint density at radius 3 is 2.76 bits per heavy atom. The fourth-order valence-electron chi connectivity index (χ4n) is 2.94. The molecule has 1 heterocycles. The molecule has 0 aliphatic heterocycles. The number of hydrogen-bond acceptors (Lipinski definition) is 3. The van der Waals surface area contributed by atoms with E-state index < -0.39 is 0 Å². The summed E-state index contributed by atoms with van der Waals surface area (Å²) < 4.78 is 1.66. The Morgan fingerprint density at radius 2 is 2.19 bits per heavy atom. The van der Waals surface area contributed by atoms with Crippen molar-refractivity contribution in [3.8, 4) is 0 Å². The van der Waals surface area contributed by atoms with Crippen molar-refractivity contribution in [1.29, 1.82) is 0 Å². The minimum Gasteiger partial charge on any atom is -0.392 e. The van der Waals surface area contributed by atoms with E-state index in [2.05, 4.69) is 5.32 Å². The lowest BCUT2D eigenvalue weighted by molar-refractivity contribution is 0.00185. The van der Waals surface area contributed by atoms with Crippen LogP contribution in [0.15, 0.2) is 12.3 Å². The van der Waals surface area contributed by atoms with Gasteiger partial charge >= 0.3 is 0 Å². The van der Waals surface area contributed by atoms with E-state index in [1.807, 2.05) is 6.92 Å². The second kappa shape index (κ2) is 6.02. The maximum absolute atomic E-state index is 12.3. The molecule has 2 rings (SSSR count). The van der Waals surface area contributed by atoms with Crippen molar-refractivity contribution in [1.82, 2.24) is 9.88 Å². The van der Waals surface area contributed by atoms with Crippen LogP contribution >= 0.6 is 0 Å². The second-order valence-electron chi connectivity index (χ2n) is 6.38. The van der Waals surface area contributed by atoms with Crippen LogP contribution in [0.25, 0.3) is 0 Å². The zero-order valence-corrected chi connectivity index (χ0v) is 13.0. The van der Waals surface area contributed by atoms with E-state index in [0.717, 1.165) is 25.7 Å². The standard InChI is InChI=1S/C16H24N2O3/c1-11(19)12-8-13(18(3)9-12)15(21)17-10-16(2)7-5-4-6-14(16)20/h8-9,14,20H,4-7,10H2,1-3H3,(H,17,21). The Hall–Kier alpha value is -1.62. The lowest BCUT2D eigenvalue weighted by Crippen LogP contribution is -2.45. The number of nitrogens with zero attached hydrogens (tertiary/aromatic N) is 1. The van der Waals surface area contributed by atoms with Crippen LogP contribution in [0, 0.1) is 5.41 Å². The number of aromatic nitrogens is 1. The normalized spacial score (nSPS) is 25.6. The molecule has 5 nitrogen and oxygen atoms in total. The zero-order chi connectivity index (χ0) is 15.6. The number of aliphatic hydroxyl groups excluding tert-OH is 1. The zero-order valence-electron chi connectivity index (χ0n) is 13.0. The first-order chi connectivity index (χ1) is 9.83. The summed E-state index contributed by atoms with van der Waals surface area (Å²) in [6, 6.07) is 1.61. The Morgan fingerprint density at radius 1 is 1.48 bits per heavy atom. The highest BCUT2D eigenvalue weighted by molar-refractivity contribution is 5.99. The van der Waals surface area contributed by atoms with E-state index in [1.165, 1.54) is 6.92 Å². The predicted octanol–water partition coefficient (Wildman–Crippen LogP) is 1.90. The highest BCUT2D eigenvalue weighted by Gasteiger charge is 2.35. The predicted molar refractivity (Wildman–Crippen MR) is 80.3 cm³/mol. The summed E-state index contributed by atoms with van der Waals surface area (Å²) in [5.74, 6) is -0.261. The summed E-state index contributed by atoms with van der Waals surface area (Å²) in [7, 11) is 1.75. The van der Waals surface area contributed by atoms with Gasteiger partial charge in [-0.2, -0.15) is 0 Å². The number of carbonyl (C=O) groups excluding carboxylic acids is 2. The topological polar surface area (TPSA) is 71.3 Å². The Labute approximate surface area is 125 Å². The first-order valence-corrected chi connectivity index (χ1v) is 7.47. The summed E-state index contributed by atoms with van der Waals surface area (Å²) in [6.07, 6.45) is 5.14. The number of amides is 1. The molecule has 0 radical (unpaired) electrons. The summed E-state index contributed by atoms with van der Waals surface area (Å²) in [5, 5.41) is 13.0. The molecule has 2 atom stereocenters. The summed E-state index contributed by atoms with van der Waals surface area (Å²) in [4.78, 5) is 23.6. The van der Waals surface area contributed by atoms with Gasteiger partial charge in [-0.1, -0.05) is 19.8 Å². The molecular weight excluding hydrogens is 268 g/mol. The number of carbonyl (C=O) groups is 2. The lowest BCUT2D eigenvalue weighted by atomic mass is 9.73. The molecule has 1 amide bonds. The van der Waals surface area contributed by atoms with Gasteiger partial charge in [0.05, 0.1) is 6.10 Å². The van der Waals surface area contributed by atoms with Crippen LogP contribution in [0.3, 0.4) is 0 Å². The molecule has 0 aromatic carbocycles. The first kappa shape index (κ1) is 15.8. The molecule has 2 unspecified atom stereocenters. The third kappa shape index (κ3) is 3.35. The average molecular weight is 292 g/mol. The molecule has 116 valence electrons. The van der Waals surface area contributed by atoms with Crippen molar-refractivity contribution in [3.05, 3.63) is 23.5 Å². The number of hydrogen-bond donors (Lipinski definition) is 2. The molecule has 21 heavy (non-hydrogen) atoms. The van der Waals surface area contributed by atoms with Crippen molar-refractivity contribution in [2.24, 2.45) is 12.5 Å². The van der Waals surface area contributed by atoms with Gasteiger partial charge in [0, 0.05) is 30.8 Å². The number of Topliss-reactive ketones (excluding diaryl/α,β-unsaturated/α-hetero) is 1. The van der Waals surface area contributed by atoms with Crippen molar-refractivity contribution >= 4 is 11.7 Å². The number of nitrogens with one attached hydrogen (secondary N) is 1. The molecular formula is C16H24N2O3. The maximum atomic E-state index is 12.3. The van der Waals surface area contributed by atoms with Gasteiger partial charge in [0.2, 0.25) is 0 Å². The summed E-state index contributed by atoms with van der Waals surface area (Å²) >= 11 is 0. The van der Waals surface area contributed by atoms with Crippen molar-refractivity contribution in [2.45, 2.75) is 45.6 Å². The molecule has 5 heteroatoms. The molecule has 1 aromatic rings. The van der Waals surface area contributed by atoms with E-state index in [-0.39, 0.29) is 23.2 Å².